The van der Waals surface area contributed by atoms with E-state index in [2.05, 4.69) is 0 Å². The van der Waals surface area contributed by atoms with Gasteiger partial charge in [-0.15, -0.1) is 0 Å². The standard InChI is InChI=1S/C16H12ClNO3/c1-10-4-3-5-12(6-10)16(19)21-15-13(17)7-11(9-18)8-14(15)20-2/h3-8H,1-2H3. The number of methoxy groups -OCH3 is 1. The first kappa shape index (κ1) is 14.9. The highest BCUT2D eigenvalue weighted by atomic mass is 35.5. The quantitative estimate of drug-likeness (QED) is 0.640. The molecule has 0 saturated heterocycles. The van der Waals surface area contributed by atoms with Crippen LogP contribution in [-0.4, -0.2) is 13.1 Å². The molecule has 106 valence electrons. The van der Waals surface area contributed by atoms with Gasteiger partial charge < -0.3 is 9.47 Å². The lowest BCUT2D eigenvalue weighted by Gasteiger charge is -2.11. The van der Waals surface area contributed by atoms with Crippen LogP contribution in [-0.2, 0) is 0 Å². The summed E-state index contributed by atoms with van der Waals surface area (Å²) >= 11 is 6.05. The van der Waals surface area contributed by atoms with Crippen LogP contribution in [0.2, 0.25) is 5.02 Å². The number of nitriles is 1. The van der Waals surface area contributed by atoms with Crippen molar-refractivity contribution in [2.45, 2.75) is 6.92 Å². The van der Waals surface area contributed by atoms with Gasteiger partial charge in [0.2, 0.25) is 0 Å². The molecule has 0 saturated carbocycles. The maximum atomic E-state index is 12.1. The number of benzene rings is 2. The van der Waals surface area contributed by atoms with Gasteiger partial charge in [0, 0.05) is 6.07 Å². The van der Waals surface area contributed by atoms with Gasteiger partial charge in [0.15, 0.2) is 11.5 Å². The fourth-order valence-electron chi connectivity index (χ4n) is 1.81. The van der Waals surface area contributed by atoms with Crippen LogP contribution < -0.4 is 9.47 Å². The van der Waals surface area contributed by atoms with Crippen LogP contribution in [0.3, 0.4) is 0 Å². The minimum absolute atomic E-state index is 0.102. The van der Waals surface area contributed by atoms with Crippen molar-refractivity contribution in [2.24, 2.45) is 0 Å². The van der Waals surface area contributed by atoms with E-state index in [4.69, 9.17) is 26.3 Å². The molecule has 4 nitrogen and oxygen atoms in total. The lowest BCUT2D eigenvalue weighted by Crippen LogP contribution is -2.10. The maximum absolute atomic E-state index is 12.1. The van der Waals surface area contributed by atoms with Gasteiger partial charge in [-0.1, -0.05) is 29.3 Å². The third-order valence-corrected chi connectivity index (χ3v) is 3.09. The first-order valence-corrected chi connectivity index (χ1v) is 6.49. The number of nitrogens with zero attached hydrogens (tertiary/aromatic N) is 1. The summed E-state index contributed by atoms with van der Waals surface area (Å²) in [4.78, 5) is 12.1. The fraction of sp³-hybridized carbons (Fsp3) is 0.125. The zero-order valence-corrected chi connectivity index (χ0v) is 12.3. The van der Waals surface area contributed by atoms with Gasteiger partial charge in [-0.2, -0.15) is 5.26 Å². The van der Waals surface area contributed by atoms with E-state index in [9.17, 15) is 4.79 Å². The van der Waals surface area contributed by atoms with E-state index >= 15 is 0 Å². The van der Waals surface area contributed by atoms with E-state index < -0.39 is 5.97 Å². The summed E-state index contributed by atoms with van der Waals surface area (Å²) in [7, 11) is 1.41. The molecule has 2 aromatic carbocycles. The first-order chi connectivity index (χ1) is 10.0. The lowest BCUT2D eigenvalue weighted by atomic mass is 10.1. The van der Waals surface area contributed by atoms with Crippen LogP contribution in [0.4, 0.5) is 0 Å². The average molecular weight is 302 g/mol. The number of hydrogen-bond acceptors (Lipinski definition) is 4. The Balaban J connectivity index is 2.35. The zero-order chi connectivity index (χ0) is 15.4. The molecule has 21 heavy (non-hydrogen) atoms. The Morgan fingerprint density at radius 1 is 1.29 bits per heavy atom. The van der Waals surface area contributed by atoms with Gasteiger partial charge in [-0.25, -0.2) is 4.79 Å². The molecule has 2 rings (SSSR count). The molecular weight excluding hydrogens is 290 g/mol. The van der Waals surface area contributed by atoms with Gasteiger partial charge in [0.25, 0.3) is 0 Å². The van der Waals surface area contributed by atoms with Crippen molar-refractivity contribution >= 4 is 17.6 Å². The van der Waals surface area contributed by atoms with Gasteiger partial charge in [0.1, 0.15) is 0 Å². The van der Waals surface area contributed by atoms with Gasteiger partial charge in [-0.05, 0) is 25.1 Å². The van der Waals surface area contributed by atoms with E-state index in [-0.39, 0.29) is 16.5 Å². The van der Waals surface area contributed by atoms with Crippen LogP contribution in [0.15, 0.2) is 36.4 Å². The smallest absolute Gasteiger partial charge is 0.343 e. The molecule has 0 unspecified atom stereocenters. The molecule has 0 amide bonds. The summed E-state index contributed by atoms with van der Waals surface area (Å²) in [6, 6.07) is 11.9. The fourth-order valence-corrected chi connectivity index (χ4v) is 2.06. The number of carbonyl (C=O) groups excluding carboxylic acids is 1. The predicted molar refractivity (Wildman–Crippen MR) is 78.9 cm³/mol. The van der Waals surface area contributed by atoms with Crippen molar-refractivity contribution in [2.75, 3.05) is 7.11 Å². The summed E-state index contributed by atoms with van der Waals surface area (Å²) in [5.74, 6) is -0.201. The van der Waals surface area contributed by atoms with E-state index in [0.717, 1.165) is 5.56 Å². The Kier molecular flexibility index (Phi) is 4.46. The molecule has 0 radical (unpaired) electrons. The minimum Gasteiger partial charge on any atom is -0.493 e. The Morgan fingerprint density at radius 3 is 2.67 bits per heavy atom. The molecule has 0 aliphatic heterocycles. The van der Waals surface area contributed by atoms with Crippen LogP contribution >= 0.6 is 11.6 Å². The largest absolute Gasteiger partial charge is 0.493 e. The van der Waals surface area contributed by atoms with E-state index in [0.29, 0.717) is 11.1 Å². The Hall–Kier alpha value is -2.51. The second-order valence-electron chi connectivity index (χ2n) is 4.36. The van der Waals surface area contributed by atoms with E-state index in [1.807, 2.05) is 19.1 Å². The second kappa shape index (κ2) is 6.29. The topological polar surface area (TPSA) is 59.3 Å². The number of halogens is 1. The Bertz CT molecular complexity index is 735. The number of rotatable bonds is 3. The molecule has 2 aromatic rings. The Morgan fingerprint density at radius 2 is 2.05 bits per heavy atom. The first-order valence-electron chi connectivity index (χ1n) is 6.11. The van der Waals surface area contributed by atoms with Crippen molar-refractivity contribution in [1.82, 2.24) is 0 Å². The summed E-state index contributed by atoms with van der Waals surface area (Å²) < 4.78 is 10.4. The molecule has 0 aromatic heterocycles. The molecule has 0 atom stereocenters. The van der Waals surface area contributed by atoms with Crippen LogP contribution in [0.25, 0.3) is 0 Å². The number of aryl methyl sites for hydroxylation is 1. The predicted octanol–water partition coefficient (Wildman–Crippen LogP) is 3.75. The third-order valence-electron chi connectivity index (χ3n) is 2.81. The van der Waals surface area contributed by atoms with Crippen molar-refractivity contribution in [1.29, 1.82) is 5.26 Å². The minimum atomic E-state index is -0.538. The highest BCUT2D eigenvalue weighted by molar-refractivity contribution is 6.32. The number of ether oxygens (including phenoxy) is 2. The molecule has 0 heterocycles. The molecule has 0 bridgehead atoms. The lowest BCUT2D eigenvalue weighted by molar-refractivity contribution is 0.0729. The SMILES string of the molecule is COc1cc(C#N)cc(Cl)c1OC(=O)c1cccc(C)c1. The monoisotopic (exact) mass is 301 g/mol. The van der Waals surface area contributed by atoms with Crippen LogP contribution in [0.1, 0.15) is 21.5 Å². The molecule has 0 aliphatic rings. The van der Waals surface area contributed by atoms with Crippen molar-refractivity contribution in [3.05, 3.63) is 58.1 Å². The summed E-state index contributed by atoms with van der Waals surface area (Å²) in [5, 5.41) is 9.04. The maximum Gasteiger partial charge on any atom is 0.343 e. The molecule has 0 aliphatic carbocycles. The molecule has 5 heteroatoms. The van der Waals surface area contributed by atoms with E-state index in [1.54, 1.807) is 18.2 Å². The molecule has 0 spiro atoms. The normalized spacial score (nSPS) is 9.81. The Labute approximate surface area is 127 Å². The number of hydrogen-bond donors (Lipinski definition) is 0. The van der Waals surface area contributed by atoms with Gasteiger partial charge in [-0.3, -0.25) is 0 Å². The van der Waals surface area contributed by atoms with Crippen LogP contribution in [0.5, 0.6) is 11.5 Å². The molecular formula is C16H12ClNO3. The van der Waals surface area contributed by atoms with Crippen molar-refractivity contribution in [3.63, 3.8) is 0 Å². The van der Waals surface area contributed by atoms with Crippen molar-refractivity contribution < 1.29 is 14.3 Å². The zero-order valence-electron chi connectivity index (χ0n) is 11.5. The van der Waals surface area contributed by atoms with E-state index in [1.165, 1.54) is 19.2 Å². The molecule has 0 N–H and O–H groups in total. The highest BCUT2D eigenvalue weighted by Gasteiger charge is 2.17. The highest BCUT2D eigenvalue weighted by Crippen LogP contribution is 2.36. The van der Waals surface area contributed by atoms with Gasteiger partial charge in [0.05, 0.1) is 29.3 Å². The summed E-state index contributed by atoms with van der Waals surface area (Å²) in [6.45, 7) is 1.88. The third kappa shape index (κ3) is 3.33. The van der Waals surface area contributed by atoms with Crippen LogP contribution in [0, 0.1) is 18.3 Å². The van der Waals surface area contributed by atoms with Crippen molar-refractivity contribution in [3.8, 4) is 17.6 Å². The average Bonchev–Trinajstić information content (AvgIpc) is 2.48. The second-order valence-corrected chi connectivity index (χ2v) is 4.77. The molecule has 0 fully saturated rings. The summed E-state index contributed by atoms with van der Waals surface area (Å²) in [6.07, 6.45) is 0. The number of carbonyl (C=O) groups is 1. The van der Waals surface area contributed by atoms with Gasteiger partial charge >= 0.3 is 5.97 Å². The number of esters is 1. The summed E-state index contributed by atoms with van der Waals surface area (Å²) in [5.41, 5.74) is 1.69.